The zero-order chi connectivity index (χ0) is 16.6. The fourth-order valence-electron chi connectivity index (χ4n) is 3.23. The monoisotopic (exact) mass is 367 g/mol. The summed E-state index contributed by atoms with van der Waals surface area (Å²) < 4.78 is 1.57. The molecule has 23 heavy (non-hydrogen) atoms. The van der Waals surface area contributed by atoms with E-state index < -0.39 is 0 Å². The van der Waals surface area contributed by atoms with E-state index in [1.165, 1.54) is 22.4 Å². The normalized spacial score (nSPS) is 19.7. The Morgan fingerprint density at radius 2 is 1.78 bits per heavy atom. The number of hydrogen-bond acceptors (Lipinski definition) is 1. The van der Waals surface area contributed by atoms with Crippen molar-refractivity contribution < 1.29 is 0 Å². The van der Waals surface area contributed by atoms with Crippen LogP contribution >= 0.6 is 15.9 Å². The van der Waals surface area contributed by atoms with Crippen LogP contribution in [0.1, 0.15) is 16.7 Å². The number of aliphatic imine (C=N–C) groups is 1. The average Bonchev–Trinajstić information content (AvgIpc) is 2.99. The van der Waals surface area contributed by atoms with Crippen LogP contribution in [0.4, 0.5) is 11.4 Å². The lowest BCUT2D eigenvalue weighted by atomic mass is 10.0. The summed E-state index contributed by atoms with van der Waals surface area (Å²) in [6.45, 7) is 10.5. The van der Waals surface area contributed by atoms with Crippen LogP contribution in [-0.2, 0) is 0 Å². The molecule has 1 atom stereocenters. The Hall–Kier alpha value is -1.97. The molecular weight excluding hydrogens is 348 g/mol. The quantitative estimate of drug-likeness (QED) is 0.582. The summed E-state index contributed by atoms with van der Waals surface area (Å²) in [7, 11) is 0. The molecule has 0 saturated carbocycles. The van der Waals surface area contributed by atoms with Gasteiger partial charge >= 0.3 is 0 Å². The molecule has 0 saturated heterocycles. The van der Waals surface area contributed by atoms with Gasteiger partial charge in [-0.1, -0.05) is 30.8 Å². The van der Waals surface area contributed by atoms with E-state index in [1.807, 2.05) is 18.3 Å². The fourth-order valence-corrected chi connectivity index (χ4v) is 3.92. The summed E-state index contributed by atoms with van der Waals surface area (Å²) in [4.78, 5) is 4.57. The van der Waals surface area contributed by atoms with E-state index in [9.17, 15) is 0 Å². The first-order valence-corrected chi connectivity index (χ1v) is 8.41. The smallest absolute Gasteiger partial charge is 0.198 e. The molecule has 1 aliphatic heterocycles. The van der Waals surface area contributed by atoms with Crippen LogP contribution in [0.5, 0.6) is 0 Å². The van der Waals surface area contributed by atoms with Gasteiger partial charge in [0.1, 0.15) is 11.9 Å². The van der Waals surface area contributed by atoms with Crippen molar-refractivity contribution in [3.05, 3.63) is 82.6 Å². The lowest BCUT2D eigenvalue weighted by Gasteiger charge is -2.33. The largest absolute Gasteiger partial charge is 0.242 e. The van der Waals surface area contributed by atoms with Crippen LogP contribution in [-0.4, -0.2) is 5.84 Å². The number of rotatable bonds is 3. The highest BCUT2D eigenvalue weighted by atomic mass is 79.9. The summed E-state index contributed by atoms with van der Waals surface area (Å²) in [5.41, 5.74) is 6.10. The summed E-state index contributed by atoms with van der Waals surface area (Å²) in [5.74, 6) is 0.907. The molecular formula is C20H20BrN2+. The zero-order valence-electron chi connectivity index (χ0n) is 13.7. The van der Waals surface area contributed by atoms with Gasteiger partial charge in [-0.05, 0) is 47.8 Å². The molecule has 1 unspecified atom stereocenters. The van der Waals surface area contributed by atoms with Crippen LogP contribution in [0.2, 0.25) is 0 Å². The van der Waals surface area contributed by atoms with Crippen molar-refractivity contribution in [1.29, 1.82) is 0 Å². The average molecular weight is 368 g/mol. The summed E-state index contributed by atoms with van der Waals surface area (Å²) >= 11 is 3.83. The predicted molar refractivity (Wildman–Crippen MR) is 103 cm³/mol. The van der Waals surface area contributed by atoms with Crippen LogP contribution in [0.3, 0.4) is 0 Å². The number of halogens is 1. The number of nitrogens with zero attached hydrogens (tertiary/aromatic N) is 2. The summed E-state index contributed by atoms with van der Waals surface area (Å²) in [5, 5.41) is 0. The molecule has 2 aromatic rings. The van der Waals surface area contributed by atoms with E-state index in [0.29, 0.717) is 4.48 Å². The maximum atomic E-state index is 4.57. The number of quaternary nitrogens is 1. The van der Waals surface area contributed by atoms with Crippen molar-refractivity contribution >= 4 is 33.1 Å². The molecule has 0 amide bonds. The number of para-hydroxylation sites is 1. The molecule has 1 heterocycles. The first-order valence-electron chi connectivity index (χ1n) is 7.62. The molecule has 0 N–H and O–H groups in total. The van der Waals surface area contributed by atoms with E-state index in [1.54, 1.807) is 0 Å². The summed E-state index contributed by atoms with van der Waals surface area (Å²) in [6, 6.07) is 12.7. The molecule has 0 aliphatic carbocycles. The minimum atomic E-state index is 0.458. The van der Waals surface area contributed by atoms with Crippen LogP contribution in [0.15, 0.2) is 70.9 Å². The van der Waals surface area contributed by atoms with Crippen molar-refractivity contribution in [2.24, 2.45) is 4.99 Å². The highest BCUT2D eigenvalue weighted by Gasteiger charge is 2.42. The van der Waals surface area contributed by atoms with Gasteiger partial charge in [0.25, 0.3) is 0 Å². The van der Waals surface area contributed by atoms with Gasteiger partial charge in [0, 0.05) is 23.8 Å². The van der Waals surface area contributed by atoms with E-state index in [2.05, 4.69) is 84.8 Å². The van der Waals surface area contributed by atoms with Gasteiger partial charge in [-0.3, -0.25) is 0 Å². The molecule has 0 bridgehead atoms. The topological polar surface area (TPSA) is 12.4 Å². The molecule has 2 aromatic carbocycles. The Kier molecular flexibility index (Phi) is 4.09. The van der Waals surface area contributed by atoms with Crippen LogP contribution in [0, 0.1) is 20.8 Å². The van der Waals surface area contributed by atoms with Gasteiger partial charge < -0.3 is 0 Å². The molecule has 0 spiro atoms. The van der Waals surface area contributed by atoms with Gasteiger partial charge in [0.15, 0.2) is 5.69 Å². The molecule has 3 rings (SSSR count). The van der Waals surface area contributed by atoms with Crippen LogP contribution in [0.25, 0.3) is 0 Å². The third-order valence-corrected chi connectivity index (χ3v) is 5.49. The van der Waals surface area contributed by atoms with Crippen molar-refractivity contribution in [1.82, 2.24) is 4.48 Å². The molecule has 0 fully saturated rings. The Labute approximate surface area is 146 Å². The van der Waals surface area contributed by atoms with E-state index in [0.717, 1.165) is 16.0 Å². The molecule has 0 aromatic heterocycles. The SMILES string of the molecule is C=CC1=NC=C[N+]1(c1ccccc1)c1c(C)c(C)cc(C)c1Br. The first-order chi connectivity index (χ1) is 11.0. The van der Waals surface area contributed by atoms with Gasteiger partial charge in [-0.25, -0.2) is 0 Å². The highest BCUT2D eigenvalue weighted by molar-refractivity contribution is 9.10. The van der Waals surface area contributed by atoms with Crippen LogP contribution < -0.4 is 4.48 Å². The molecule has 1 aliphatic rings. The van der Waals surface area contributed by atoms with Gasteiger partial charge in [0.05, 0.1) is 10.7 Å². The Bertz CT molecular complexity index is 808. The Morgan fingerprint density at radius 3 is 2.43 bits per heavy atom. The second-order valence-corrected chi connectivity index (χ2v) is 6.64. The molecule has 3 heteroatoms. The van der Waals surface area contributed by atoms with E-state index >= 15 is 0 Å². The molecule has 0 radical (unpaired) electrons. The zero-order valence-corrected chi connectivity index (χ0v) is 15.3. The Morgan fingerprint density at radius 1 is 1.09 bits per heavy atom. The maximum absolute atomic E-state index is 4.57. The molecule has 116 valence electrons. The van der Waals surface area contributed by atoms with Crippen molar-refractivity contribution in [3.8, 4) is 0 Å². The third-order valence-electron chi connectivity index (χ3n) is 4.49. The minimum Gasteiger partial charge on any atom is -0.198 e. The van der Waals surface area contributed by atoms with Crippen molar-refractivity contribution in [2.45, 2.75) is 20.8 Å². The second-order valence-electron chi connectivity index (χ2n) is 5.85. The fraction of sp³-hybridized carbons (Fsp3) is 0.150. The Balaban J connectivity index is 2.43. The number of benzene rings is 2. The van der Waals surface area contributed by atoms with E-state index in [4.69, 9.17) is 0 Å². The van der Waals surface area contributed by atoms with E-state index in [-0.39, 0.29) is 0 Å². The second kappa shape index (κ2) is 5.91. The molecule has 2 nitrogen and oxygen atoms in total. The number of amidine groups is 1. The summed E-state index contributed by atoms with van der Waals surface area (Å²) in [6.07, 6.45) is 5.84. The lowest BCUT2D eigenvalue weighted by Crippen LogP contribution is -2.42. The van der Waals surface area contributed by atoms with Gasteiger partial charge in [-0.15, -0.1) is 0 Å². The lowest BCUT2D eigenvalue weighted by molar-refractivity contribution is 0.739. The minimum absolute atomic E-state index is 0.458. The van der Waals surface area contributed by atoms with Crippen molar-refractivity contribution in [3.63, 3.8) is 0 Å². The predicted octanol–water partition coefficient (Wildman–Crippen LogP) is 6.08. The van der Waals surface area contributed by atoms with Gasteiger partial charge in [-0.2, -0.15) is 9.48 Å². The third kappa shape index (κ3) is 2.32. The number of hydrogen-bond donors (Lipinski definition) is 0. The highest BCUT2D eigenvalue weighted by Crippen LogP contribution is 2.46. The van der Waals surface area contributed by atoms with Gasteiger partial charge in [0.2, 0.25) is 5.84 Å². The maximum Gasteiger partial charge on any atom is 0.242 e. The first kappa shape index (κ1) is 15.9. The number of aryl methyl sites for hydroxylation is 2. The standard InChI is InChI=1S/C20H20BrN2/c1-5-18-22-11-12-23(18,17-9-7-6-8-10-17)20-16(4)14(2)13-15(3)19(20)21/h5-13H,1H2,2-4H3/q+1. The van der Waals surface area contributed by atoms with Crippen molar-refractivity contribution in [2.75, 3.05) is 0 Å².